The Hall–Kier alpha value is -1.22. The lowest BCUT2D eigenvalue weighted by atomic mass is 9.89. The van der Waals surface area contributed by atoms with Crippen LogP contribution < -0.4 is 15.2 Å². The third-order valence-corrected chi connectivity index (χ3v) is 3.07. The van der Waals surface area contributed by atoms with Crippen LogP contribution in [0.3, 0.4) is 0 Å². The van der Waals surface area contributed by atoms with Crippen molar-refractivity contribution in [1.29, 1.82) is 0 Å². The van der Waals surface area contributed by atoms with Crippen molar-refractivity contribution in [2.45, 2.75) is 32.7 Å². The van der Waals surface area contributed by atoms with Gasteiger partial charge in [0.1, 0.15) is 11.5 Å². The summed E-state index contributed by atoms with van der Waals surface area (Å²) in [6.45, 7) is 6.05. The van der Waals surface area contributed by atoms with Gasteiger partial charge in [0.05, 0.1) is 14.2 Å². The second-order valence-corrected chi connectivity index (χ2v) is 4.29. The second-order valence-electron chi connectivity index (χ2n) is 4.29. The van der Waals surface area contributed by atoms with Gasteiger partial charge in [0, 0.05) is 11.1 Å². The number of nitrogens with two attached hydrogens (primary N) is 1. The van der Waals surface area contributed by atoms with Crippen LogP contribution in [0, 0.1) is 6.92 Å². The van der Waals surface area contributed by atoms with Gasteiger partial charge in [-0.2, -0.15) is 0 Å². The van der Waals surface area contributed by atoms with Crippen LogP contribution in [0.2, 0.25) is 0 Å². The molecule has 0 radical (unpaired) electrons. The quantitative estimate of drug-likeness (QED) is 0.853. The molecular formula is C13H21NO2. The van der Waals surface area contributed by atoms with Gasteiger partial charge in [-0.3, -0.25) is 0 Å². The molecule has 1 aromatic carbocycles. The van der Waals surface area contributed by atoms with E-state index in [0.717, 1.165) is 29.0 Å². The van der Waals surface area contributed by atoms with Crippen molar-refractivity contribution in [3.05, 3.63) is 23.3 Å². The minimum Gasteiger partial charge on any atom is -0.496 e. The number of hydrogen-bond donors (Lipinski definition) is 1. The first-order valence-electron chi connectivity index (χ1n) is 5.48. The summed E-state index contributed by atoms with van der Waals surface area (Å²) in [5.41, 5.74) is 7.89. The van der Waals surface area contributed by atoms with Gasteiger partial charge < -0.3 is 15.2 Å². The fourth-order valence-corrected chi connectivity index (χ4v) is 1.69. The minimum atomic E-state index is -0.397. The first kappa shape index (κ1) is 12.8. The summed E-state index contributed by atoms with van der Waals surface area (Å²) in [6, 6.07) is 3.94. The predicted octanol–water partition coefficient (Wildman–Crippen LogP) is 2.60. The van der Waals surface area contributed by atoms with Crippen LogP contribution in [0.25, 0.3) is 0 Å². The Labute approximate surface area is 97.6 Å². The molecule has 0 bridgehead atoms. The van der Waals surface area contributed by atoms with Crippen LogP contribution >= 0.6 is 0 Å². The third kappa shape index (κ3) is 2.30. The fraction of sp³-hybridized carbons (Fsp3) is 0.538. The molecule has 1 atom stereocenters. The van der Waals surface area contributed by atoms with Crippen molar-refractivity contribution in [2.75, 3.05) is 14.2 Å². The zero-order valence-corrected chi connectivity index (χ0v) is 10.8. The van der Waals surface area contributed by atoms with Crippen LogP contribution in [0.4, 0.5) is 0 Å². The third-order valence-electron chi connectivity index (χ3n) is 3.07. The van der Waals surface area contributed by atoms with Gasteiger partial charge in [0.15, 0.2) is 0 Å². The number of methoxy groups -OCH3 is 2. The minimum absolute atomic E-state index is 0.397. The summed E-state index contributed by atoms with van der Waals surface area (Å²) < 4.78 is 10.7. The van der Waals surface area contributed by atoms with Crippen LogP contribution in [0.1, 0.15) is 31.4 Å². The maximum absolute atomic E-state index is 6.25. The smallest absolute Gasteiger partial charge is 0.124 e. The van der Waals surface area contributed by atoms with E-state index in [1.54, 1.807) is 14.2 Å². The van der Waals surface area contributed by atoms with E-state index in [0.29, 0.717) is 0 Å². The van der Waals surface area contributed by atoms with E-state index in [4.69, 9.17) is 15.2 Å². The molecule has 0 saturated carbocycles. The average Bonchev–Trinajstić information content (AvgIpc) is 2.28. The van der Waals surface area contributed by atoms with Gasteiger partial charge in [0.25, 0.3) is 0 Å². The predicted molar refractivity (Wildman–Crippen MR) is 66.1 cm³/mol. The van der Waals surface area contributed by atoms with E-state index >= 15 is 0 Å². The molecule has 0 spiro atoms. The standard InChI is InChI=1S/C13H21NO2/c1-6-13(3,14)10-8-11(15-4)9(2)7-12(10)16-5/h7-8H,6,14H2,1-5H3. The molecule has 0 heterocycles. The van der Waals surface area contributed by atoms with Crippen LogP contribution in [0.5, 0.6) is 11.5 Å². The molecule has 90 valence electrons. The highest BCUT2D eigenvalue weighted by molar-refractivity contribution is 5.48. The summed E-state index contributed by atoms with van der Waals surface area (Å²) in [4.78, 5) is 0. The van der Waals surface area contributed by atoms with E-state index in [1.165, 1.54) is 0 Å². The highest BCUT2D eigenvalue weighted by atomic mass is 16.5. The van der Waals surface area contributed by atoms with E-state index in [1.807, 2.05) is 26.0 Å². The van der Waals surface area contributed by atoms with Crippen molar-refractivity contribution >= 4 is 0 Å². The van der Waals surface area contributed by atoms with E-state index in [2.05, 4.69) is 6.92 Å². The summed E-state index contributed by atoms with van der Waals surface area (Å²) in [5, 5.41) is 0. The molecule has 0 aliphatic heterocycles. The number of aryl methyl sites for hydroxylation is 1. The van der Waals surface area contributed by atoms with Gasteiger partial charge in [-0.1, -0.05) is 6.92 Å². The largest absolute Gasteiger partial charge is 0.496 e. The highest BCUT2D eigenvalue weighted by Crippen LogP contribution is 2.35. The lowest BCUT2D eigenvalue weighted by Gasteiger charge is -2.26. The van der Waals surface area contributed by atoms with Gasteiger partial charge in [-0.05, 0) is 38.0 Å². The molecule has 0 saturated heterocycles. The van der Waals surface area contributed by atoms with Gasteiger partial charge >= 0.3 is 0 Å². The number of ether oxygens (including phenoxy) is 2. The Morgan fingerprint density at radius 3 is 2.19 bits per heavy atom. The SMILES string of the molecule is CCC(C)(N)c1cc(OC)c(C)cc1OC. The summed E-state index contributed by atoms with van der Waals surface area (Å²) >= 11 is 0. The van der Waals surface area contributed by atoms with Crippen molar-refractivity contribution in [3.8, 4) is 11.5 Å². The molecule has 0 amide bonds. The zero-order chi connectivity index (χ0) is 12.3. The van der Waals surface area contributed by atoms with Gasteiger partial charge in [-0.15, -0.1) is 0 Å². The lowest BCUT2D eigenvalue weighted by molar-refractivity contribution is 0.374. The molecule has 1 rings (SSSR count). The van der Waals surface area contributed by atoms with Crippen LogP contribution in [-0.4, -0.2) is 14.2 Å². The Kier molecular flexibility index (Phi) is 3.81. The number of benzene rings is 1. The normalized spacial score (nSPS) is 14.4. The Morgan fingerprint density at radius 1 is 1.19 bits per heavy atom. The first-order valence-corrected chi connectivity index (χ1v) is 5.48. The molecule has 1 aromatic rings. The molecule has 0 fully saturated rings. The van der Waals surface area contributed by atoms with Crippen LogP contribution in [0.15, 0.2) is 12.1 Å². The maximum atomic E-state index is 6.25. The topological polar surface area (TPSA) is 44.5 Å². The van der Waals surface area contributed by atoms with E-state index < -0.39 is 5.54 Å². The summed E-state index contributed by atoms with van der Waals surface area (Å²) in [5.74, 6) is 1.67. The monoisotopic (exact) mass is 223 g/mol. The molecular weight excluding hydrogens is 202 g/mol. The molecule has 1 unspecified atom stereocenters. The van der Waals surface area contributed by atoms with Gasteiger partial charge in [-0.25, -0.2) is 0 Å². The molecule has 0 aromatic heterocycles. The number of hydrogen-bond acceptors (Lipinski definition) is 3. The fourth-order valence-electron chi connectivity index (χ4n) is 1.69. The molecule has 3 heteroatoms. The van der Waals surface area contributed by atoms with Crippen LogP contribution in [-0.2, 0) is 5.54 Å². The zero-order valence-electron chi connectivity index (χ0n) is 10.8. The second kappa shape index (κ2) is 4.74. The molecule has 0 aliphatic rings. The van der Waals surface area contributed by atoms with Gasteiger partial charge in [0.2, 0.25) is 0 Å². The molecule has 2 N–H and O–H groups in total. The van der Waals surface area contributed by atoms with E-state index in [-0.39, 0.29) is 0 Å². The highest BCUT2D eigenvalue weighted by Gasteiger charge is 2.24. The number of rotatable bonds is 4. The first-order chi connectivity index (χ1) is 7.46. The van der Waals surface area contributed by atoms with Crippen molar-refractivity contribution < 1.29 is 9.47 Å². The summed E-state index contributed by atoms with van der Waals surface area (Å²) in [6.07, 6.45) is 0.843. The average molecular weight is 223 g/mol. The van der Waals surface area contributed by atoms with Crippen molar-refractivity contribution in [3.63, 3.8) is 0 Å². The van der Waals surface area contributed by atoms with Crippen molar-refractivity contribution in [1.82, 2.24) is 0 Å². The Balaban J connectivity index is 3.36. The maximum Gasteiger partial charge on any atom is 0.124 e. The molecule has 16 heavy (non-hydrogen) atoms. The Bertz CT molecular complexity index is 372. The van der Waals surface area contributed by atoms with E-state index in [9.17, 15) is 0 Å². The van der Waals surface area contributed by atoms with Crippen molar-refractivity contribution in [2.24, 2.45) is 5.73 Å². The molecule has 0 aliphatic carbocycles. The Morgan fingerprint density at radius 2 is 1.75 bits per heavy atom. The molecule has 3 nitrogen and oxygen atoms in total. The summed E-state index contributed by atoms with van der Waals surface area (Å²) in [7, 11) is 3.33. The lowest BCUT2D eigenvalue weighted by Crippen LogP contribution is -2.32.